The van der Waals surface area contributed by atoms with Crippen LogP contribution in [-0.4, -0.2) is 29.3 Å². The number of nitrogens with zero attached hydrogens (tertiary/aromatic N) is 1. The first-order valence-corrected chi connectivity index (χ1v) is 5.30. The van der Waals surface area contributed by atoms with Gasteiger partial charge in [0.1, 0.15) is 18.5 Å². The number of ether oxygens (including phenoxy) is 1. The van der Waals surface area contributed by atoms with Crippen molar-refractivity contribution in [3.63, 3.8) is 0 Å². The topological polar surface area (TPSA) is 42.4 Å². The monoisotopic (exact) mass is 265 g/mol. The van der Waals surface area contributed by atoms with Gasteiger partial charge in [0.15, 0.2) is 12.3 Å². The summed E-state index contributed by atoms with van der Waals surface area (Å²) < 4.78 is 55.9. The highest BCUT2D eigenvalue weighted by Crippen LogP contribution is 2.48. The van der Waals surface area contributed by atoms with Crippen molar-refractivity contribution in [1.82, 2.24) is 4.98 Å². The molecule has 0 bridgehead atoms. The number of aliphatic hydroxyl groups is 1. The average molecular weight is 265 g/mol. The molecule has 3 atom stereocenters. The summed E-state index contributed by atoms with van der Waals surface area (Å²) >= 11 is 0. The molecule has 7 heteroatoms. The number of fused-ring (bicyclic) bond motifs is 1. The van der Waals surface area contributed by atoms with Crippen molar-refractivity contribution in [3.8, 4) is 5.75 Å². The molecular formula is C11H11F4NO2. The summed E-state index contributed by atoms with van der Waals surface area (Å²) in [5.74, 6) is -0.248. The van der Waals surface area contributed by atoms with E-state index in [1.54, 1.807) is 0 Å². The SMILES string of the molecule is Cc1ncc(OCC(F)F)c2c1[C@H](O)[C@H](F)[C@@H]2F. The van der Waals surface area contributed by atoms with Crippen LogP contribution in [0.25, 0.3) is 0 Å². The third-order valence-corrected chi connectivity index (χ3v) is 2.84. The molecule has 0 unspecified atom stereocenters. The Labute approximate surface area is 100 Å². The zero-order valence-corrected chi connectivity index (χ0v) is 9.41. The molecule has 0 spiro atoms. The highest BCUT2D eigenvalue weighted by molar-refractivity contribution is 5.48. The van der Waals surface area contributed by atoms with Gasteiger partial charge in [0.2, 0.25) is 0 Å². The van der Waals surface area contributed by atoms with Crippen molar-refractivity contribution in [2.75, 3.05) is 6.61 Å². The first-order chi connectivity index (χ1) is 8.43. The molecule has 1 aliphatic carbocycles. The molecule has 0 saturated heterocycles. The molecule has 0 radical (unpaired) electrons. The van der Waals surface area contributed by atoms with Gasteiger partial charge in [-0.05, 0) is 6.92 Å². The maximum atomic E-state index is 13.7. The van der Waals surface area contributed by atoms with Crippen molar-refractivity contribution in [3.05, 3.63) is 23.0 Å². The molecule has 0 fully saturated rings. The van der Waals surface area contributed by atoms with E-state index in [1.165, 1.54) is 6.92 Å². The van der Waals surface area contributed by atoms with E-state index >= 15 is 0 Å². The van der Waals surface area contributed by atoms with Crippen LogP contribution in [0.1, 0.15) is 29.1 Å². The minimum atomic E-state index is -2.73. The molecule has 1 heterocycles. The number of hydrogen-bond acceptors (Lipinski definition) is 3. The lowest BCUT2D eigenvalue weighted by Gasteiger charge is -2.12. The van der Waals surface area contributed by atoms with Crippen LogP contribution in [0.3, 0.4) is 0 Å². The smallest absolute Gasteiger partial charge is 0.272 e. The summed E-state index contributed by atoms with van der Waals surface area (Å²) in [5, 5.41) is 9.54. The number of aliphatic hydroxyl groups excluding tert-OH is 1. The van der Waals surface area contributed by atoms with Gasteiger partial charge in [-0.3, -0.25) is 4.98 Å². The lowest BCUT2D eigenvalue weighted by atomic mass is 10.1. The number of aryl methyl sites for hydroxylation is 1. The van der Waals surface area contributed by atoms with Gasteiger partial charge in [0, 0.05) is 16.8 Å². The fourth-order valence-electron chi connectivity index (χ4n) is 2.03. The standard InChI is InChI=1S/C11H11F4NO2/c1-4-7-8(9(14)10(15)11(7)17)5(2-16-4)18-3-6(12)13/h2,6,9-11,17H,3H2,1H3/t9-,10-,11+/m1/s1. The Bertz CT molecular complexity index is 455. The zero-order valence-electron chi connectivity index (χ0n) is 9.41. The highest BCUT2D eigenvalue weighted by atomic mass is 19.3. The van der Waals surface area contributed by atoms with E-state index in [2.05, 4.69) is 4.98 Å². The molecule has 3 nitrogen and oxygen atoms in total. The Morgan fingerprint density at radius 3 is 2.67 bits per heavy atom. The maximum absolute atomic E-state index is 13.7. The van der Waals surface area contributed by atoms with Gasteiger partial charge in [0.05, 0.1) is 6.20 Å². The molecule has 1 aromatic heterocycles. The molecule has 1 aliphatic rings. The minimum absolute atomic E-state index is 0.0123. The van der Waals surface area contributed by atoms with Gasteiger partial charge >= 0.3 is 0 Å². The molecule has 1 aromatic rings. The van der Waals surface area contributed by atoms with Crippen LogP contribution in [0.15, 0.2) is 6.20 Å². The van der Waals surface area contributed by atoms with Crippen molar-refractivity contribution >= 4 is 0 Å². The number of alkyl halides is 4. The molecule has 2 rings (SSSR count). The summed E-state index contributed by atoms with van der Waals surface area (Å²) in [4.78, 5) is 3.78. The fraction of sp³-hybridized carbons (Fsp3) is 0.545. The van der Waals surface area contributed by atoms with E-state index in [-0.39, 0.29) is 22.6 Å². The van der Waals surface area contributed by atoms with Gasteiger partial charge in [0.25, 0.3) is 6.43 Å². The highest BCUT2D eigenvalue weighted by Gasteiger charge is 2.44. The molecule has 0 aromatic carbocycles. The normalized spacial score (nSPS) is 26.5. The Kier molecular flexibility index (Phi) is 3.43. The van der Waals surface area contributed by atoms with E-state index in [4.69, 9.17) is 4.74 Å². The van der Waals surface area contributed by atoms with Crippen molar-refractivity contribution in [2.45, 2.75) is 31.8 Å². The van der Waals surface area contributed by atoms with Crippen LogP contribution >= 0.6 is 0 Å². The Morgan fingerprint density at radius 1 is 1.39 bits per heavy atom. The van der Waals surface area contributed by atoms with Crippen molar-refractivity contribution in [1.29, 1.82) is 0 Å². The van der Waals surface area contributed by atoms with E-state index in [0.29, 0.717) is 0 Å². The summed E-state index contributed by atoms with van der Waals surface area (Å²) in [5.41, 5.74) is 0.0228. The predicted molar refractivity (Wildman–Crippen MR) is 54.2 cm³/mol. The average Bonchev–Trinajstić information content (AvgIpc) is 2.54. The largest absolute Gasteiger partial charge is 0.486 e. The predicted octanol–water partition coefficient (Wildman–Crippen LogP) is 2.43. The summed E-state index contributed by atoms with van der Waals surface area (Å²) in [6.45, 7) is 0.542. The second kappa shape index (κ2) is 4.72. The fourth-order valence-corrected chi connectivity index (χ4v) is 2.03. The molecule has 1 N–H and O–H groups in total. The van der Waals surface area contributed by atoms with Crippen LogP contribution in [-0.2, 0) is 0 Å². The summed E-state index contributed by atoms with van der Waals surface area (Å²) in [7, 11) is 0. The second-order valence-corrected chi connectivity index (χ2v) is 4.03. The molecular weight excluding hydrogens is 254 g/mol. The van der Waals surface area contributed by atoms with E-state index in [9.17, 15) is 22.7 Å². The molecule has 0 amide bonds. The van der Waals surface area contributed by atoms with E-state index < -0.39 is 31.5 Å². The molecule has 0 aliphatic heterocycles. The van der Waals surface area contributed by atoms with Crippen LogP contribution in [0.5, 0.6) is 5.75 Å². The van der Waals surface area contributed by atoms with Crippen LogP contribution in [0, 0.1) is 6.92 Å². The van der Waals surface area contributed by atoms with E-state index in [0.717, 1.165) is 6.20 Å². The first-order valence-electron chi connectivity index (χ1n) is 5.30. The number of aromatic nitrogens is 1. The second-order valence-electron chi connectivity index (χ2n) is 4.03. The van der Waals surface area contributed by atoms with Gasteiger partial charge < -0.3 is 9.84 Å². The van der Waals surface area contributed by atoms with Crippen molar-refractivity contribution in [2.24, 2.45) is 0 Å². The van der Waals surface area contributed by atoms with Crippen LogP contribution in [0.4, 0.5) is 17.6 Å². The Balaban J connectivity index is 2.41. The zero-order chi connectivity index (χ0) is 13.4. The van der Waals surface area contributed by atoms with Crippen LogP contribution in [0.2, 0.25) is 0 Å². The number of pyridine rings is 1. The Hall–Kier alpha value is -1.37. The molecule has 100 valence electrons. The first kappa shape index (κ1) is 13.1. The third kappa shape index (κ3) is 2.03. The van der Waals surface area contributed by atoms with Gasteiger partial charge in [-0.25, -0.2) is 17.6 Å². The number of rotatable bonds is 3. The molecule has 18 heavy (non-hydrogen) atoms. The van der Waals surface area contributed by atoms with Gasteiger partial charge in [-0.2, -0.15) is 0 Å². The maximum Gasteiger partial charge on any atom is 0.272 e. The third-order valence-electron chi connectivity index (χ3n) is 2.84. The lowest BCUT2D eigenvalue weighted by Crippen LogP contribution is -2.10. The quantitative estimate of drug-likeness (QED) is 0.853. The summed E-state index contributed by atoms with van der Waals surface area (Å²) in [6, 6.07) is 0. The van der Waals surface area contributed by atoms with E-state index in [1.807, 2.05) is 0 Å². The molecule has 0 saturated carbocycles. The summed E-state index contributed by atoms with van der Waals surface area (Å²) in [6.07, 6.45) is -7.53. The van der Waals surface area contributed by atoms with Crippen molar-refractivity contribution < 1.29 is 27.4 Å². The minimum Gasteiger partial charge on any atom is -0.486 e. The van der Waals surface area contributed by atoms with Gasteiger partial charge in [-0.15, -0.1) is 0 Å². The Morgan fingerprint density at radius 2 is 2.06 bits per heavy atom. The number of halogens is 4. The number of hydrogen-bond donors (Lipinski definition) is 1. The van der Waals surface area contributed by atoms with Crippen LogP contribution < -0.4 is 4.74 Å². The lowest BCUT2D eigenvalue weighted by molar-refractivity contribution is 0.0453. The van der Waals surface area contributed by atoms with Gasteiger partial charge in [-0.1, -0.05) is 0 Å².